The number of carbonyl (C=O) groups is 1. The minimum atomic E-state index is -0.260. The van der Waals surface area contributed by atoms with Gasteiger partial charge in [0, 0.05) is 11.0 Å². The minimum Gasteiger partial charge on any atom is -0.393 e. The average Bonchev–Trinajstić information content (AvgIpc) is 2.69. The van der Waals surface area contributed by atoms with E-state index in [0.717, 1.165) is 40.7 Å². The lowest BCUT2D eigenvalue weighted by Gasteiger charge is -2.34. The van der Waals surface area contributed by atoms with Crippen LogP contribution in [0.15, 0.2) is 94.2 Å². The van der Waals surface area contributed by atoms with Crippen molar-refractivity contribution in [2.45, 2.75) is 74.3 Å². The second-order valence-electron chi connectivity index (χ2n) is 9.53. The number of rotatable bonds is 7. The first-order chi connectivity index (χ1) is 15.4. The fourth-order valence-corrected chi connectivity index (χ4v) is 3.61. The molecule has 1 aliphatic rings. The molecule has 1 aliphatic carbocycles. The van der Waals surface area contributed by atoms with Gasteiger partial charge in [0.1, 0.15) is 0 Å². The standard InChI is InChI=1S/C31H40O2/c1-23(13-9-10-14-24(2)17-12-18-26(4)28(6)32)15-11-16-25(3)19-20-30-27(5)21-29(33)22-31(30,7)8/h9-18,29,33H,21-22H2,1-8H3/b10-9+,15-11?,17-12+,23-13?,24-14+,25-16?,26-18+. The maximum Gasteiger partial charge on any atom is 0.155 e. The van der Waals surface area contributed by atoms with Gasteiger partial charge in [-0.1, -0.05) is 103 Å². The molecule has 1 N–H and O–H groups in total. The SMILES string of the molecule is CC(=O)/C(C)=C/C=C/C(C)=C/C=C/C=C(C)C=CC=C(C)C#CC1=C(C)CC(O)CC1(C)C. The molecule has 0 radical (unpaired) electrons. The summed E-state index contributed by atoms with van der Waals surface area (Å²) in [5, 5.41) is 10.0. The second-order valence-corrected chi connectivity index (χ2v) is 9.53. The first kappa shape index (κ1) is 28.1. The fourth-order valence-electron chi connectivity index (χ4n) is 3.61. The van der Waals surface area contributed by atoms with Crippen molar-refractivity contribution in [1.29, 1.82) is 0 Å². The zero-order chi connectivity index (χ0) is 25.0. The molecule has 0 aliphatic heterocycles. The number of aliphatic hydroxyl groups excluding tert-OH is 1. The van der Waals surface area contributed by atoms with Crippen molar-refractivity contribution < 1.29 is 9.90 Å². The van der Waals surface area contributed by atoms with Gasteiger partial charge in [-0.05, 0) is 65.5 Å². The van der Waals surface area contributed by atoms with Gasteiger partial charge in [-0.2, -0.15) is 0 Å². The van der Waals surface area contributed by atoms with Crippen LogP contribution in [0, 0.1) is 17.3 Å². The number of aliphatic hydroxyl groups is 1. The zero-order valence-corrected chi connectivity index (χ0v) is 21.6. The van der Waals surface area contributed by atoms with Crippen molar-refractivity contribution in [2.75, 3.05) is 0 Å². The second kappa shape index (κ2) is 13.6. The van der Waals surface area contributed by atoms with Crippen LogP contribution in [0.2, 0.25) is 0 Å². The van der Waals surface area contributed by atoms with Crippen LogP contribution in [0.4, 0.5) is 0 Å². The zero-order valence-electron chi connectivity index (χ0n) is 21.6. The minimum absolute atomic E-state index is 0.0800. The van der Waals surface area contributed by atoms with Gasteiger partial charge in [-0.3, -0.25) is 4.79 Å². The number of hydrogen-bond acceptors (Lipinski definition) is 2. The van der Waals surface area contributed by atoms with Crippen LogP contribution in [-0.4, -0.2) is 17.0 Å². The maximum absolute atomic E-state index is 11.2. The van der Waals surface area contributed by atoms with Crippen molar-refractivity contribution in [3.05, 3.63) is 94.2 Å². The molecule has 0 amide bonds. The molecule has 0 heterocycles. The lowest BCUT2D eigenvalue weighted by Crippen LogP contribution is -2.28. The third-order valence-electron chi connectivity index (χ3n) is 5.57. The molecular weight excluding hydrogens is 404 g/mol. The molecule has 2 heteroatoms. The molecule has 0 saturated heterocycles. The highest BCUT2D eigenvalue weighted by Crippen LogP contribution is 2.39. The summed E-state index contributed by atoms with van der Waals surface area (Å²) < 4.78 is 0. The number of allylic oxidation sites excluding steroid dienone is 15. The molecule has 33 heavy (non-hydrogen) atoms. The Morgan fingerprint density at radius 2 is 1.45 bits per heavy atom. The van der Waals surface area contributed by atoms with Gasteiger partial charge in [0.25, 0.3) is 0 Å². The van der Waals surface area contributed by atoms with Crippen LogP contribution in [0.3, 0.4) is 0 Å². The Kier molecular flexibility index (Phi) is 11.6. The molecule has 176 valence electrons. The molecule has 1 rings (SSSR count). The molecule has 1 atom stereocenters. The first-order valence-corrected chi connectivity index (χ1v) is 11.6. The highest BCUT2D eigenvalue weighted by molar-refractivity contribution is 5.92. The molecule has 0 aromatic rings. The van der Waals surface area contributed by atoms with E-state index in [2.05, 4.69) is 51.7 Å². The average molecular weight is 445 g/mol. The van der Waals surface area contributed by atoms with Gasteiger partial charge in [-0.25, -0.2) is 0 Å². The van der Waals surface area contributed by atoms with E-state index in [0.29, 0.717) is 0 Å². The van der Waals surface area contributed by atoms with Gasteiger partial charge < -0.3 is 5.11 Å². The summed E-state index contributed by atoms with van der Waals surface area (Å²) in [6.07, 6.45) is 21.1. The smallest absolute Gasteiger partial charge is 0.155 e. The summed E-state index contributed by atoms with van der Waals surface area (Å²) >= 11 is 0. The summed E-state index contributed by atoms with van der Waals surface area (Å²) in [6.45, 7) is 15.9. The summed E-state index contributed by atoms with van der Waals surface area (Å²) in [6, 6.07) is 0. The van der Waals surface area contributed by atoms with Crippen molar-refractivity contribution in [3.63, 3.8) is 0 Å². The van der Waals surface area contributed by atoms with E-state index in [1.807, 2.05) is 69.4 Å². The van der Waals surface area contributed by atoms with Crippen LogP contribution in [0.5, 0.6) is 0 Å². The normalized spacial score (nSPS) is 20.7. The van der Waals surface area contributed by atoms with Crippen LogP contribution in [0.1, 0.15) is 68.2 Å². The molecule has 0 spiro atoms. The summed E-state index contributed by atoms with van der Waals surface area (Å²) in [5.41, 5.74) is 6.29. The summed E-state index contributed by atoms with van der Waals surface area (Å²) in [5.74, 6) is 6.72. The third-order valence-corrected chi connectivity index (χ3v) is 5.57. The monoisotopic (exact) mass is 444 g/mol. The Morgan fingerprint density at radius 3 is 1.97 bits per heavy atom. The lowest BCUT2D eigenvalue weighted by atomic mass is 9.72. The van der Waals surface area contributed by atoms with Gasteiger partial charge in [0.05, 0.1) is 6.10 Å². The van der Waals surface area contributed by atoms with Crippen molar-refractivity contribution >= 4 is 5.78 Å². The molecule has 1 unspecified atom stereocenters. The fraction of sp³-hybridized carbons (Fsp3) is 0.387. The number of carbonyl (C=O) groups excluding carboxylic acids is 1. The Hall–Kier alpha value is -2.89. The van der Waals surface area contributed by atoms with Gasteiger partial charge >= 0.3 is 0 Å². The van der Waals surface area contributed by atoms with Crippen LogP contribution >= 0.6 is 0 Å². The van der Waals surface area contributed by atoms with Crippen molar-refractivity contribution in [3.8, 4) is 11.8 Å². The van der Waals surface area contributed by atoms with Crippen molar-refractivity contribution in [2.24, 2.45) is 5.41 Å². The van der Waals surface area contributed by atoms with Gasteiger partial charge in [0.15, 0.2) is 5.78 Å². The molecule has 0 saturated carbocycles. The van der Waals surface area contributed by atoms with Gasteiger partial charge in [0.2, 0.25) is 0 Å². The maximum atomic E-state index is 11.2. The molecule has 0 fully saturated rings. The van der Waals surface area contributed by atoms with Crippen LogP contribution in [-0.2, 0) is 4.79 Å². The van der Waals surface area contributed by atoms with E-state index >= 15 is 0 Å². The Labute approximate surface area is 201 Å². The van der Waals surface area contributed by atoms with E-state index in [1.54, 1.807) is 6.92 Å². The predicted octanol–water partition coefficient (Wildman–Crippen LogP) is 7.53. The van der Waals surface area contributed by atoms with E-state index in [9.17, 15) is 9.90 Å². The topological polar surface area (TPSA) is 37.3 Å². The Balaban J connectivity index is 2.71. The number of Topliss-reactive ketones (excluding diaryl/α,β-unsaturated/α-hetero) is 1. The van der Waals surface area contributed by atoms with E-state index in [-0.39, 0.29) is 17.3 Å². The van der Waals surface area contributed by atoms with Gasteiger partial charge in [-0.15, -0.1) is 0 Å². The third kappa shape index (κ3) is 11.0. The lowest BCUT2D eigenvalue weighted by molar-refractivity contribution is -0.113. The molecular formula is C31H40O2. The Morgan fingerprint density at radius 1 is 0.909 bits per heavy atom. The van der Waals surface area contributed by atoms with Crippen LogP contribution in [0.25, 0.3) is 0 Å². The predicted molar refractivity (Wildman–Crippen MR) is 143 cm³/mol. The van der Waals surface area contributed by atoms with E-state index in [1.165, 1.54) is 5.57 Å². The number of hydrogen-bond donors (Lipinski definition) is 1. The summed E-state index contributed by atoms with van der Waals surface area (Å²) in [4.78, 5) is 11.2. The Bertz CT molecular complexity index is 1020. The molecule has 0 aromatic heterocycles. The number of ketones is 1. The van der Waals surface area contributed by atoms with Crippen molar-refractivity contribution in [1.82, 2.24) is 0 Å². The quantitative estimate of drug-likeness (QED) is 0.250. The molecule has 0 bridgehead atoms. The largest absolute Gasteiger partial charge is 0.393 e. The molecule has 2 nitrogen and oxygen atoms in total. The van der Waals surface area contributed by atoms with E-state index < -0.39 is 0 Å². The van der Waals surface area contributed by atoms with E-state index in [4.69, 9.17) is 0 Å². The first-order valence-electron chi connectivity index (χ1n) is 11.6. The van der Waals surface area contributed by atoms with Crippen LogP contribution < -0.4 is 0 Å². The molecule has 0 aromatic carbocycles. The summed E-state index contributed by atoms with van der Waals surface area (Å²) in [7, 11) is 0. The highest BCUT2D eigenvalue weighted by atomic mass is 16.3. The highest BCUT2D eigenvalue weighted by Gasteiger charge is 2.31.